The Morgan fingerprint density at radius 2 is 2.29 bits per heavy atom. The van der Waals surface area contributed by atoms with Crippen LogP contribution in [-0.2, 0) is 0 Å². The minimum absolute atomic E-state index is 0.122. The first kappa shape index (κ1) is 16.7. The number of hydrogen-bond donors (Lipinski definition) is 3. The fourth-order valence-electron chi connectivity index (χ4n) is 3.17. The highest BCUT2D eigenvalue weighted by molar-refractivity contribution is 9.10. The van der Waals surface area contributed by atoms with E-state index >= 15 is 0 Å². The highest BCUT2D eigenvalue weighted by atomic mass is 79.9. The molecule has 4 nitrogen and oxygen atoms in total. The van der Waals surface area contributed by atoms with Crippen molar-refractivity contribution in [3.63, 3.8) is 0 Å². The molecule has 118 valence electrons. The molecule has 0 aromatic heterocycles. The number of aliphatic hydroxyl groups excluding tert-OH is 1. The lowest BCUT2D eigenvalue weighted by Crippen LogP contribution is -2.41. The molecule has 1 aliphatic rings. The van der Waals surface area contributed by atoms with Crippen LogP contribution in [0.25, 0.3) is 0 Å². The number of phenolic OH excluding ortho intramolecular Hbond substituents is 1. The topological polar surface area (TPSA) is 55.7 Å². The summed E-state index contributed by atoms with van der Waals surface area (Å²) in [4.78, 5) is 2.28. The molecule has 5 heteroatoms. The molecule has 3 N–H and O–H groups in total. The van der Waals surface area contributed by atoms with Gasteiger partial charge in [0.05, 0.1) is 6.61 Å². The number of hydrogen-bond acceptors (Lipinski definition) is 4. The molecule has 0 spiro atoms. The number of rotatable bonds is 7. The van der Waals surface area contributed by atoms with Gasteiger partial charge in [0, 0.05) is 35.2 Å². The molecule has 1 aliphatic heterocycles. The van der Waals surface area contributed by atoms with Crippen molar-refractivity contribution in [3.05, 3.63) is 28.2 Å². The maximum atomic E-state index is 10.2. The molecule has 1 heterocycles. The second-order valence-corrected chi connectivity index (χ2v) is 6.55. The molecule has 2 unspecified atom stereocenters. The van der Waals surface area contributed by atoms with Gasteiger partial charge in [0.1, 0.15) is 5.75 Å². The van der Waals surface area contributed by atoms with Gasteiger partial charge in [0.15, 0.2) is 0 Å². The minimum atomic E-state index is 0.122. The fraction of sp³-hybridized carbons (Fsp3) is 0.625. The van der Waals surface area contributed by atoms with Gasteiger partial charge in [-0.15, -0.1) is 0 Å². The maximum Gasteiger partial charge on any atom is 0.120 e. The summed E-state index contributed by atoms with van der Waals surface area (Å²) < 4.78 is 0.969. The number of phenols is 1. The SMILES string of the molecule is CCC(c1cc(Br)ccc1O)N(CCO)CC1CCCN1. The summed E-state index contributed by atoms with van der Waals surface area (Å²) in [7, 11) is 0. The van der Waals surface area contributed by atoms with Gasteiger partial charge in [-0.25, -0.2) is 0 Å². The maximum absolute atomic E-state index is 10.2. The largest absolute Gasteiger partial charge is 0.508 e. The van der Waals surface area contributed by atoms with Crippen molar-refractivity contribution in [3.8, 4) is 5.75 Å². The predicted molar refractivity (Wildman–Crippen MR) is 88.5 cm³/mol. The van der Waals surface area contributed by atoms with E-state index in [1.807, 2.05) is 12.1 Å². The molecular formula is C16H25BrN2O2. The zero-order chi connectivity index (χ0) is 15.2. The van der Waals surface area contributed by atoms with Crippen LogP contribution in [0.3, 0.4) is 0 Å². The van der Waals surface area contributed by atoms with E-state index in [1.165, 1.54) is 12.8 Å². The molecule has 1 fully saturated rings. The fourth-order valence-corrected chi connectivity index (χ4v) is 3.54. The molecule has 2 atom stereocenters. The van der Waals surface area contributed by atoms with Gasteiger partial charge in [-0.1, -0.05) is 22.9 Å². The lowest BCUT2D eigenvalue weighted by atomic mass is 10.0. The molecular weight excluding hydrogens is 332 g/mol. The van der Waals surface area contributed by atoms with Gasteiger partial charge in [0.2, 0.25) is 0 Å². The van der Waals surface area contributed by atoms with Crippen LogP contribution >= 0.6 is 15.9 Å². The summed E-state index contributed by atoms with van der Waals surface area (Å²) >= 11 is 3.48. The van der Waals surface area contributed by atoms with Gasteiger partial charge in [0.25, 0.3) is 0 Å². The summed E-state index contributed by atoms with van der Waals surface area (Å²) in [5.74, 6) is 0.326. The van der Waals surface area contributed by atoms with Crippen molar-refractivity contribution in [2.75, 3.05) is 26.2 Å². The van der Waals surface area contributed by atoms with Crippen LogP contribution in [0.2, 0.25) is 0 Å². The van der Waals surface area contributed by atoms with Crippen LogP contribution < -0.4 is 5.32 Å². The van der Waals surface area contributed by atoms with Crippen LogP contribution in [0.5, 0.6) is 5.75 Å². The molecule has 1 aromatic rings. The van der Waals surface area contributed by atoms with Crippen molar-refractivity contribution in [2.24, 2.45) is 0 Å². The highest BCUT2D eigenvalue weighted by Gasteiger charge is 2.25. The Balaban J connectivity index is 2.19. The average Bonchev–Trinajstić information content (AvgIpc) is 2.96. The molecule has 0 amide bonds. The zero-order valence-corrected chi connectivity index (χ0v) is 14.1. The van der Waals surface area contributed by atoms with Gasteiger partial charge < -0.3 is 15.5 Å². The predicted octanol–water partition coefficient (Wildman–Crippen LogP) is 2.65. The molecule has 21 heavy (non-hydrogen) atoms. The molecule has 1 saturated heterocycles. The van der Waals surface area contributed by atoms with Gasteiger partial charge in [-0.3, -0.25) is 4.90 Å². The lowest BCUT2D eigenvalue weighted by Gasteiger charge is -2.33. The summed E-state index contributed by atoms with van der Waals surface area (Å²) in [6, 6.07) is 6.17. The molecule has 0 radical (unpaired) electrons. The van der Waals surface area contributed by atoms with Crippen LogP contribution in [0.15, 0.2) is 22.7 Å². The Hall–Kier alpha value is -0.620. The van der Waals surface area contributed by atoms with Gasteiger partial charge in [-0.2, -0.15) is 0 Å². The third-order valence-electron chi connectivity index (χ3n) is 4.18. The van der Waals surface area contributed by atoms with Crippen molar-refractivity contribution < 1.29 is 10.2 Å². The van der Waals surface area contributed by atoms with Crippen LogP contribution in [0.4, 0.5) is 0 Å². The number of nitrogens with one attached hydrogen (secondary N) is 1. The molecule has 0 aliphatic carbocycles. The van der Waals surface area contributed by atoms with Gasteiger partial charge in [-0.05, 0) is 44.0 Å². The smallest absolute Gasteiger partial charge is 0.120 e. The third-order valence-corrected chi connectivity index (χ3v) is 4.67. The van der Waals surface area contributed by atoms with E-state index in [2.05, 4.69) is 33.1 Å². The summed E-state index contributed by atoms with van der Waals surface area (Å²) in [6.45, 7) is 4.87. The lowest BCUT2D eigenvalue weighted by molar-refractivity contribution is 0.134. The zero-order valence-electron chi connectivity index (χ0n) is 12.6. The van der Waals surface area contributed by atoms with E-state index in [0.717, 1.165) is 29.5 Å². The Labute approximate surface area is 135 Å². The monoisotopic (exact) mass is 356 g/mol. The van der Waals surface area contributed by atoms with Crippen molar-refractivity contribution >= 4 is 15.9 Å². The Kier molecular flexibility index (Phi) is 6.48. The van der Waals surface area contributed by atoms with Crippen LogP contribution in [-0.4, -0.2) is 47.4 Å². The molecule has 2 rings (SSSR count). The first-order valence-corrected chi connectivity index (χ1v) is 8.51. The van der Waals surface area contributed by atoms with E-state index in [0.29, 0.717) is 18.3 Å². The summed E-state index contributed by atoms with van der Waals surface area (Å²) in [5, 5.41) is 23.1. The minimum Gasteiger partial charge on any atom is -0.508 e. The number of halogens is 1. The Bertz CT molecular complexity index is 450. The van der Waals surface area contributed by atoms with Crippen LogP contribution in [0, 0.1) is 0 Å². The first-order valence-electron chi connectivity index (χ1n) is 7.72. The Morgan fingerprint density at radius 3 is 2.90 bits per heavy atom. The highest BCUT2D eigenvalue weighted by Crippen LogP contribution is 2.33. The number of benzene rings is 1. The quantitative estimate of drug-likeness (QED) is 0.702. The van der Waals surface area contributed by atoms with Crippen molar-refractivity contribution in [2.45, 2.75) is 38.3 Å². The third kappa shape index (κ3) is 4.42. The van der Waals surface area contributed by atoms with E-state index in [4.69, 9.17) is 0 Å². The molecule has 1 aromatic carbocycles. The standard InChI is InChI=1S/C16H25BrN2O2/c1-2-15(14-10-12(17)5-6-16(14)21)19(8-9-20)11-13-4-3-7-18-13/h5-6,10,13,15,18,20-21H,2-4,7-9,11H2,1H3. The summed E-state index contributed by atoms with van der Waals surface area (Å²) in [5.41, 5.74) is 0.929. The number of aromatic hydroxyl groups is 1. The van der Waals surface area contributed by atoms with Crippen molar-refractivity contribution in [1.82, 2.24) is 10.2 Å². The first-order chi connectivity index (χ1) is 10.2. The molecule has 0 saturated carbocycles. The second-order valence-electron chi connectivity index (χ2n) is 5.64. The van der Waals surface area contributed by atoms with E-state index in [1.54, 1.807) is 6.07 Å². The average molecular weight is 357 g/mol. The van der Waals surface area contributed by atoms with Crippen LogP contribution in [0.1, 0.15) is 37.8 Å². The number of nitrogens with zero attached hydrogens (tertiary/aromatic N) is 1. The normalized spacial score (nSPS) is 20.1. The summed E-state index contributed by atoms with van der Waals surface area (Å²) in [6.07, 6.45) is 3.30. The van der Waals surface area contributed by atoms with E-state index < -0.39 is 0 Å². The second kappa shape index (κ2) is 8.13. The Morgan fingerprint density at radius 1 is 1.48 bits per heavy atom. The van der Waals surface area contributed by atoms with Crippen molar-refractivity contribution in [1.29, 1.82) is 0 Å². The van der Waals surface area contributed by atoms with Gasteiger partial charge >= 0.3 is 0 Å². The number of aliphatic hydroxyl groups is 1. The van der Waals surface area contributed by atoms with E-state index in [-0.39, 0.29) is 12.6 Å². The molecule has 0 bridgehead atoms. The van der Waals surface area contributed by atoms with E-state index in [9.17, 15) is 10.2 Å².